The molecule has 0 aromatic heterocycles. The fourth-order valence-corrected chi connectivity index (χ4v) is 2.26. The molecule has 0 aliphatic carbocycles. The number of carboxylic acids is 1. The zero-order valence-electron chi connectivity index (χ0n) is 9.29. The molecule has 0 rings (SSSR count). The Morgan fingerprint density at radius 2 is 1.50 bits per heavy atom. The highest BCUT2D eigenvalue weighted by Gasteiger charge is 2.39. The molecule has 0 aliphatic heterocycles. The quantitative estimate of drug-likeness (QED) is 0.781. The standard InChI is InChI=1S/C9H18O4S/c1-8(2,3)14(12,13)6-9(4,5)7(10)11/h6H2,1-5H3,(H,10,11). The molecule has 0 heterocycles. The average molecular weight is 222 g/mol. The summed E-state index contributed by atoms with van der Waals surface area (Å²) in [5.41, 5.74) is -1.23. The van der Waals surface area contributed by atoms with Crippen molar-refractivity contribution in [3.8, 4) is 0 Å². The SMILES string of the molecule is CC(C)(CS(=O)(=O)C(C)(C)C)C(=O)O. The summed E-state index contributed by atoms with van der Waals surface area (Å²) in [4.78, 5) is 10.8. The van der Waals surface area contributed by atoms with Crippen LogP contribution >= 0.6 is 0 Å². The zero-order valence-corrected chi connectivity index (χ0v) is 10.1. The maximum absolute atomic E-state index is 11.7. The molecular formula is C9H18O4S. The van der Waals surface area contributed by atoms with Gasteiger partial charge < -0.3 is 5.11 Å². The second-order valence-corrected chi connectivity index (χ2v) is 7.80. The van der Waals surface area contributed by atoms with E-state index < -0.39 is 26.0 Å². The van der Waals surface area contributed by atoms with E-state index in [9.17, 15) is 13.2 Å². The second kappa shape index (κ2) is 3.53. The highest BCUT2D eigenvalue weighted by molar-refractivity contribution is 7.92. The van der Waals surface area contributed by atoms with Crippen molar-refractivity contribution in [3.05, 3.63) is 0 Å². The van der Waals surface area contributed by atoms with Crippen molar-refractivity contribution < 1.29 is 18.3 Å². The Hall–Kier alpha value is -0.580. The summed E-state index contributed by atoms with van der Waals surface area (Å²) in [5, 5.41) is 8.81. The molecule has 5 heteroatoms. The van der Waals surface area contributed by atoms with Gasteiger partial charge in [-0.25, -0.2) is 8.42 Å². The minimum atomic E-state index is -3.38. The molecule has 0 saturated heterocycles. The molecule has 0 spiro atoms. The molecule has 4 nitrogen and oxygen atoms in total. The lowest BCUT2D eigenvalue weighted by atomic mass is 9.97. The van der Waals surface area contributed by atoms with Crippen LogP contribution in [0.25, 0.3) is 0 Å². The molecule has 14 heavy (non-hydrogen) atoms. The van der Waals surface area contributed by atoms with E-state index in [1.807, 2.05) is 0 Å². The van der Waals surface area contributed by atoms with Gasteiger partial charge >= 0.3 is 5.97 Å². The normalized spacial score (nSPS) is 14.1. The number of hydrogen-bond acceptors (Lipinski definition) is 3. The Balaban J connectivity index is 4.97. The smallest absolute Gasteiger partial charge is 0.310 e. The highest BCUT2D eigenvalue weighted by Crippen LogP contribution is 2.25. The Labute approximate surface area is 85.2 Å². The molecule has 0 radical (unpaired) electrons. The zero-order chi connectivity index (χ0) is 11.8. The summed E-state index contributed by atoms with van der Waals surface area (Å²) in [6, 6.07) is 0. The number of sulfone groups is 1. The van der Waals surface area contributed by atoms with E-state index in [0.29, 0.717) is 0 Å². The van der Waals surface area contributed by atoms with Gasteiger partial charge in [-0.05, 0) is 34.6 Å². The molecule has 0 aromatic rings. The fourth-order valence-electron chi connectivity index (χ4n) is 0.753. The van der Waals surface area contributed by atoms with Crippen molar-refractivity contribution in [2.24, 2.45) is 5.41 Å². The lowest BCUT2D eigenvalue weighted by molar-refractivity contribution is -0.145. The van der Waals surface area contributed by atoms with E-state index in [1.165, 1.54) is 13.8 Å². The van der Waals surface area contributed by atoms with Gasteiger partial charge in [-0.2, -0.15) is 0 Å². The van der Waals surface area contributed by atoms with Gasteiger partial charge in [-0.3, -0.25) is 4.79 Å². The lowest BCUT2D eigenvalue weighted by Gasteiger charge is -2.25. The second-order valence-electron chi connectivity index (χ2n) is 5.06. The summed E-state index contributed by atoms with van der Waals surface area (Å²) < 4.78 is 22.5. The van der Waals surface area contributed by atoms with Crippen molar-refractivity contribution in [2.45, 2.75) is 39.4 Å². The first-order valence-corrected chi connectivity index (χ1v) is 6.01. The van der Waals surface area contributed by atoms with Gasteiger partial charge in [-0.1, -0.05) is 0 Å². The molecule has 0 aliphatic rings. The van der Waals surface area contributed by atoms with Crippen LogP contribution in [0.15, 0.2) is 0 Å². The molecule has 1 N–H and O–H groups in total. The van der Waals surface area contributed by atoms with Crippen LogP contribution < -0.4 is 0 Å². The molecule has 0 atom stereocenters. The van der Waals surface area contributed by atoms with E-state index in [4.69, 9.17) is 5.11 Å². The summed E-state index contributed by atoms with van der Waals surface area (Å²) in [6.45, 7) is 7.54. The van der Waals surface area contributed by atoms with E-state index in [2.05, 4.69) is 0 Å². The van der Waals surface area contributed by atoms with Crippen molar-refractivity contribution in [2.75, 3.05) is 5.75 Å². The molecular weight excluding hydrogens is 204 g/mol. The van der Waals surface area contributed by atoms with Crippen LogP contribution in [0.2, 0.25) is 0 Å². The third kappa shape index (κ3) is 2.97. The van der Waals surface area contributed by atoms with Crippen LogP contribution in [0.1, 0.15) is 34.6 Å². The molecule has 0 unspecified atom stereocenters. The molecule has 84 valence electrons. The summed E-state index contributed by atoms with van der Waals surface area (Å²) in [6.07, 6.45) is 0. The topological polar surface area (TPSA) is 71.4 Å². The Kier molecular flexibility index (Phi) is 3.38. The van der Waals surface area contributed by atoms with Crippen LogP contribution in [0.5, 0.6) is 0 Å². The first-order valence-electron chi connectivity index (χ1n) is 4.36. The fraction of sp³-hybridized carbons (Fsp3) is 0.889. The van der Waals surface area contributed by atoms with Gasteiger partial charge in [0, 0.05) is 0 Å². The van der Waals surface area contributed by atoms with Crippen molar-refractivity contribution >= 4 is 15.8 Å². The minimum Gasteiger partial charge on any atom is -0.481 e. The van der Waals surface area contributed by atoms with Gasteiger partial charge in [0.05, 0.1) is 15.9 Å². The van der Waals surface area contributed by atoms with E-state index in [1.54, 1.807) is 20.8 Å². The highest BCUT2D eigenvalue weighted by atomic mass is 32.2. The Morgan fingerprint density at radius 1 is 1.14 bits per heavy atom. The maximum Gasteiger partial charge on any atom is 0.310 e. The molecule has 0 amide bonds. The summed E-state index contributed by atoms with van der Waals surface area (Å²) in [7, 11) is -3.38. The van der Waals surface area contributed by atoms with Crippen LogP contribution in [0.4, 0.5) is 0 Å². The lowest BCUT2D eigenvalue weighted by Crippen LogP contribution is -2.39. The van der Waals surface area contributed by atoms with Crippen molar-refractivity contribution in [1.29, 1.82) is 0 Å². The van der Waals surface area contributed by atoms with Gasteiger partial charge in [0.25, 0.3) is 0 Å². The van der Waals surface area contributed by atoms with Crippen LogP contribution in [0.3, 0.4) is 0 Å². The summed E-state index contributed by atoms with van der Waals surface area (Å²) in [5.74, 6) is -1.43. The first-order chi connectivity index (χ1) is 5.90. The van der Waals surface area contributed by atoms with Gasteiger partial charge in [0.15, 0.2) is 9.84 Å². The number of aliphatic carboxylic acids is 1. The van der Waals surface area contributed by atoms with E-state index in [0.717, 1.165) is 0 Å². The Morgan fingerprint density at radius 3 is 1.71 bits per heavy atom. The number of hydrogen-bond donors (Lipinski definition) is 1. The Bertz CT molecular complexity index is 319. The van der Waals surface area contributed by atoms with E-state index in [-0.39, 0.29) is 5.75 Å². The predicted molar refractivity (Wildman–Crippen MR) is 55.0 cm³/mol. The maximum atomic E-state index is 11.7. The predicted octanol–water partition coefficient (Wildman–Crippen LogP) is 1.31. The molecule has 0 bridgehead atoms. The van der Waals surface area contributed by atoms with Crippen molar-refractivity contribution in [3.63, 3.8) is 0 Å². The minimum absolute atomic E-state index is 0.334. The average Bonchev–Trinajstić information content (AvgIpc) is 1.80. The summed E-state index contributed by atoms with van der Waals surface area (Å²) >= 11 is 0. The number of rotatable bonds is 3. The van der Waals surface area contributed by atoms with Crippen LogP contribution in [0, 0.1) is 5.41 Å². The largest absolute Gasteiger partial charge is 0.481 e. The van der Waals surface area contributed by atoms with Crippen LogP contribution in [-0.4, -0.2) is 30.0 Å². The van der Waals surface area contributed by atoms with Gasteiger partial charge in [0.2, 0.25) is 0 Å². The van der Waals surface area contributed by atoms with Crippen LogP contribution in [-0.2, 0) is 14.6 Å². The van der Waals surface area contributed by atoms with E-state index >= 15 is 0 Å². The molecule has 0 fully saturated rings. The number of carboxylic acid groups (broad SMARTS) is 1. The number of carbonyl (C=O) groups is 1. The van der Waals surface area contributed by atoms with Gasteiger partial charge in [0.1, 0.15) is 0 Å². The third-order valence-corrected chi connectivity index (χ3v) is 5.03. The third-order valence-electron chi connectivity index (χ3n) is 2.06. The molecule has 0 saturated carbocycles. The van der Waals surface area contributed by atoms with Gasteiger partial charge in [-0.15, -0.1) is 0 Å². The monoisotopic (exact) mass is 222 g/mol. The first kappa shape index (κ1) is 13.4. The van der Waals surface area contributed by atoms with Crippen molar-refractivity contribution in [1.82, 2.24) is 0 Å². The molecule has 0 aromatic carbocycles.